The Morgan fingerprint density at radius 2 is 1.76 bits per heavy atom. The number of hydrogen-bond donors (Lipinski definition) is 2. The van der Waals surface area contributed by atoms with Gasteiger partial charge in [-0.15, -0.1) is 0 Å². The van der Waals surface area contributed by atoms with Crippen LogP contribution in [0.4, 0.5) is 28.7 Å². The summed E-state index contributed by atoms with van der Waals surface area (Å²) < 4.78 is 47.0. The zero-order chi connectivity index (χ0) is 33.0. The summed E-state index contributed by atoms with van der Waals surface area (Å²) in [6, 6.07) is 1.88. The van der Waals surface area contributed by atoms with E-state index in [0.717, 1.165) is 63.9 Å². The average Bonchev–Trinajstić information content (AvgIpc) is 3.45. The van der Waals surface area contributed by atoms with Gasteiger partial charge in [0.2, 0.25) is 5.95 Å². The molecule has 11 nitrogen and oxygen atoms in total. The zero-order valence-electron chi connectivity index (χ0n) is 26.4. The summed E-state index contributed by atoms with van der Waals surface area (Å²) in [5.41, 5.74) is 5.16. The van der Waals surface area contributed by atoms with Crippen LogP contribution in [-0.4, -0.2) is 77.3 Å². The van der Waals surface area contributed by atoms with Crippen molar-refractivity contribution < 1.29 is 32.2 Å². The Morgan fingerprint density at radius 1 is 1.07 bits per heavy atom. The molecule has 2 saturated heterocycles. The highest BCUT2D eigenvalue weighted by Crippen LogP contribution is 2.23. The molecule has 0 radical (unpaired) electrons. The number of amides is 3. The normalized spacial score (nSPS) is 17.4. The second-order valence-corrected chi connectivity index (χ2v) is 12.0. The molecule has 0 spiro atoms. The number of carbonyl (C=O) groups excluding carboxylic acids is 2. The number of amidine groups is 1. The van der Waals surface area contributed by atoms with Crippen LogP contribution in [0, 0.1) is 23.4 Å². The standard InChI is InChI=1S/C25H41N7O4.C6H3F3/c1-5-21(26)30-23(33)31-11-8-18(9-12-31)7-6-14-35-20-15-27-22(28-16-20)32-13-10-19(17-32)29-24(34)36-25(2,3)4;7-4-1-2-5(8)6(9)3-4/h15-16,18-19H,5-14,17H2,1-4H3,(H,29,34)(H2,26,30,33);1-3H. The minimum absolute atomic E-state index is 0.00608. The van der Waals surface area contributed by atoms with Gasteiger partial charge in [-0.2, -0.15) is 4.99 Å². The Hall–Kier alpha value is -4.10. The molecule has 1 aromatic heterocycles. The van der Waals surface area contributed by atoms with Crippen molar-refractivity contribution in [3.8, 4) is 5.75 Å². The van der Waals surface area contributed by atoms with Crippen molar-refractivity contribution >= 4 is 23.9 Å². The van der Waals surface area contributed by atoms with Crippen LogP contribution >= 0.6 is 0 Å². The Balaban J connectivity index is 0.000000525. The Morgan fingerprint density at radius 3 is 2.36 bits per heavy atom. The lowest BCUT2D eigenvalue weighted by molar-refractivity contribution is 0.0509. The quantitative estimate of drug-likeness (QED) is 0.169. The maximum Gasteiger partial charge on any atom is 0.407 e. The molecule has 14 heteroatoms. The number of halogens is 3. The van der Waals surface area contributed by atoms with Gasteiger partial charge in [0.05, 0.1) is 25.0 Å². The molecule has 3 heterocycles. The first kappa shape index (κ1) is 35.4. The molecular weight excluding hydrogens is 591 g/mol. The molecule has 4 rings (SSSR count). The number of urea groups is 1. The number of aliphatic imine (C=N–C) groups is 1. The lowest BCUT2D eigenvalue weighted by Crippen LogP contribution is -2.40. The van der Waals surface area contributed by atoms with Gasteiger partial charge in [0.1, 0.15) is 17.3 Å². The van der Waals surface area contributed by atoms with Crippen LogP contribution in [0.15, 0.2) is 35.6 Å². The Bertz CT molecular complexity index is 1280. The van der Waals surface area contributed by atoms with E-state index in [1.807, 2.05) is 32.6 Å². The summed E-state index contributed by atoms with van der Waals surface area (Å²) in [6.45, 7) is 10.9. The van der Waals surface area contributed by atoms with Crippen LogP contribution in [0.3, 0.4) is 0 Å². The number of nitrogens with two attached hydrogens (primary N) is 1. The number of hydrogen-bond acceptors (Lipinski definition) is 7. The fourth-order valence-corrected chi connectivity index (χ4v) is 4.80. The largest absolute Gasteiger partial charge is 0.490 e. The molecule has 1 unspecified atom stereocenters. The van der Waals surface area contributed by atoms with E-state index >= 15 is 0 Å². The second kappa shape index (κ2) is 16.8. The monoisotopic (exact) mass is 635 g/mol. The molecule has 45 heavy (non-hydrogen) atoms. The van der Waals surface area contributed by atoms with Crippen LogP contribution in [-0.2, 0) is 4.74 Å². The van der Waals surface area contributed by atoms with Crippen molar-refractivity contribution in [1.82, 2.24) is 20.2 Å². The molecule has 2 aliphatic heterocycles. The van der Waals surface area contributed by atoms with Gasteiger partial charge < -0.3 is 30.3 Å². The summed E-state index contributed by atoms with van der Waals surface area (Å²) in [5.74, 6) is -0.715. The third-order valence-electron chi connectivity index (χ3n) is 7.20. The van der Waals surface area contributed by atoms with E-state index in [1.54, 1.807) is 17.3 Å². The topological polar surface area (TPSA) is 135 Å². The van der Waals surface area contributed by atoms with Gasteiger partial charge in [-0.05, 0) is 70.9 Å². The predicted molar refractivity (Wildman–Crippen MR) is 165 cm³/mol. The van der Waals surface area contributed by atoms with Gasteiger partial charge >= 0.3 is 12.1 Å². The third-order valence-corrected chi connectivity index (χ3v) is 7.20. The first-order chi connectivity index (χ1) is 21.3. The fourth-order valence-electron chi connectivity index (χ4n) is 4.80. The van der Waals surface area contributed by atoms with Crippen LogP contribution in [0.25, 0.3) is 0 Å². The number of benzene rings is 1. The van der Waals surface area contributed by atoms with Gasteiger partial charge in [-0.1, -0.05) is 6.92 Å². The van der Waals surface area contributed by atoms with E-state index < -0.39 is 29.1 Å². The number of ether oxygens (including phenoxy) is 2. The van der Waals surface area contributed by atoms with E-state index in [9.17, 15) is 22.8 Å². The summed E-state index contributed by atoms with van der Waals surface area (Å²) in [6.07, 6.45) is 8.34. The van der Waals surface area contributed by atoms with E-state index in [-0.39, 0.29) is 12.1 Å². The Kier molecular flexibility index (Phi) is 13.2. The van der Waals surface area contributed by atoms with Crippen LogP contribution in [0.5, 0.6) is 5.75 Å². The minimum Gasteiger partial charge on any atom is -0.490 e. The van der Waals surface area contributed by atoms with Crippen LogP contribution in [0.2, 0.25) is 0 Å². The van der Waals surface area contributed by atoms with E-state index in [1.165, 1.54) is 0 Å². The average molecular weight is 636 g/mol. The number of rotatable bonds is 8. The van der Waals surface area contributed by atoms with E-state index in [0.29, 0.717) is 49.1 Å². The molecule has 1 atom stereocenters. The number of nitrogens with one attached hydrogen (secondary N) is 1. The molecule has 2 aromatic rings. The minimum atomic E-state index is -1.16. The van der Waals surface area contributed by atoms with Crippen molar-refractivity contribution in [3.63, 3.8) is 0 Å². The molecule has 0 aliphatic carbocycles. The number of nitrogens with zero attached hydrogens (tertiary/aromatic N) is 5. The van der Waals surface area contributed by atoms with Gasteiger partial charge in [0, 0.05) is 38.7 Å². The molecule has 0 saturated carbocycles. The van der Waals surface area contributed by atoms with Gasteiger partial charge in [0.25, 0.3) is 0 Å². The fraction of sp³-hybridized carbons (Fsp3) is 0.581. The highest BCUT2D eigenvalue weighted by Gasteiger charge is 2.27. The maximum atomic E-state index is 12.1. The number of likely N-dealkylation sites (tertiary alicyclic amines) is 1. The molecule has 0 bridgehead atoms. The molecule has 2 fully saturated rings. The molecule has 1 aromatic carbocycles. The first-order valence-electron chi connectivity index (χ1n) is 15.2. The molecule has 2 aliphatic rings. The number of alkyl carbamates (subject to hydrolysis) is 1. The summed E-state index contributed by atoms with van der Waals surface area (Å²) in [7, 11) is 0. The SMILES string of the molecule is CC/C(N)=N/C(=O)N1CCC(CCCOc2cnc(N3CCC(NC(=O)OC(C)(C)C)C3)nc2)CC1.Fc1ccc(F)c(F)c1. The smallest absolute Gasteiger partial charge is 0.407 e. The van der Waals surface area contributed by atoms with Gasteiger partial charge in [-0.25, -0.2) is 32.7 Å². The molecule has 3 N–H and O–H groups in total. The van der Waals surface area contributed by atoms with Crippen molar-refractivity contribution in [2.75, 3.05) is 37.7 Å². The van der Waals surface area contributed by atoms with Crippen LogP contribution < -0.4 is 20.7 Å². The number of anilines is 1. The highest BCUT2D eigenvalue weighted by molar-refractivity contribution is 5.92. The van der Waals surface area contributed by atoms with E-state index in [2.05, 4.69) is 20.3 Å². The lowest BCUT2D eigenvalue weighted by Gasteiger charge is -2.30. The maximum absolute atomic E-state index is 12.1. The van der Waals surface area contributed by atoms with Crippen molar-refractivity contribution in [1.29, 1.82) is 0 Å². The lowest BCUT2D eigenvalue weighted by atomic mass is 9.92. The molecule has 248 valence electrons. The molecular formula is C31H44F3N7O4. The van der Waals surface area contributed by atoms with E-state index in [4.69, 9.17) is 15.2 Å². The van der Waals surface area contributed by atoms with Gasteiger partial charge in [0.15, 0.2) is 17.4 Å². The van der Waals surface area contributed by atoms with Crippen molar-refractivity contribution in [2.45, 2.75) is 77.9 Å². The zero-order valence-corrected chi connectivity index (χ0v) is 26.4. The number of carbonyl (C=O) groups is 2. The Labute approximate surface area is 262 Å². The third kappa shape index (κ3) is 12.4. The number of aromatic nitrogens is 2. The van der Waals surface area contributed by atoms with Crippen LogP contribution in [0.1, 0.15) is 66.2 Å². The first-order valence-corrected chi connectivity index (χ1v) is 15.2. The predicted octanol–water partition coefficient (Wildman–Crippen LogP) is 5.44. The molecule has 3 amide bonds. The summed E-state index contributed by atoms with van der Waals surface area (Å²) in [4.78, 5) is 40.7. The highest BCUT2D eigenvalue weighted by atomic mass is 19.2. The second-order valence-electron chi connectivity index (χ2n) is 12.0. The van der Waals surface area contributed by atoms with Crippen molar-refractivity contribution in [2.24, 2.45) is 16.6 Å². The van der Waals surface area contributed by atoms with Crippen molar-refractivity contribution in [3.05, 3.63) is 48.0 Å². The summed E-state index contributed by atoms with van der Waals surface area (Å²) in [5, 5.41) is 2.91. The number of piperidine rings is 1. The summed E-state index contributed by atoms with van der Waals surface area (Å²) >= 11 is 0. The van der Waals surface area contributed by atoms with Gasteiger partial charge in [-0.3, -0.25) is 0 Å².